The Hall–Kier alpha value is -1.28. The third-order valence-electron chi connectivity index (χ3n) is 4.62. The summed E-state index contributed by atoms with van der Waals surface area (Å²) in [6.45, 7) is 8.20. The maximum atomic E-state index is 12.0. The number of piperidine rings is 1. The van der Waals surface area contributed by atoms with Crippen LogP contribution in [0.1, 0.15) is 52.9 Å². The first-order valence-corrected chi connectivity index (χ1v) is 8.50. The van der Waals surface area contributed by atoms with Crippen LogP contribution < -0.4 is 5.32 Å². The predicted molar refractivity (Wildman–Crippen MR) is 85.3 cm³/mol. The van der Waals surface area contributed by atoms with E-state index in [9.17, 15) is 4.79 Å². The fraction of sp³-hybridized carbons (Fsp3) is 0.882. The molecule has 5 nitrogen and oxygen atoms in total. The Morgan fingerprint density at radius 1 is 1.27 bits per heavy atom. The average molecular weight is 307 g/mol. The zero-order valence-electron chi connectivity index (χ0n) is 14.1. The summed E-state index contributed by atoms with van der Waals surface area (Å²) < 4.78 is 5.42. The van der Waals surface area contributed by atoms with Crippen LogP contribution in [0.15, 0.2) is 0 Å². The minimum atomic E-state index is -0.426. The van der Waals surface area contributed by atoms with Gasteiger partial charge >= 0.3 is 6.09 Å². The molecule has 0 bridgehead atoms. The Labute approximate surface area is 134 Å². The second-order valence-electron chi connectivity index (χ2n) is 7.59. The van der Waals surface area contributed by atoms with Gasteiger partial charge in [0.05, 0.1) is 12.0 Å². The molecule has 5 heteroatoms. The van der Waals surface area contributed by atoms with Crippen LogP contribution in [0, 0.1) is 23.2 Å². The lowest BCUT2D eigenvalue weighted by molar-refractivity contribution is 0.0183. The van der Waals surface area contributed by atoms with E-state index in [-0.39, 0.29) is 12.0 Å². The Balaban J connectivity index is 1.69. The van der Waals surface area contributed by atoms with Crippen LogP contribution in [-0.4, -0.2) is 42.3 Å². The van der Waals surface area contributed by atoms with E-state index in [1.165, 1.54) is 0 Å². The highest BCUT2D eigenvalue weighted by atomic mass is 16.6. The van der Waals surface area contributed by atoms with Crippen LogP contribution in [0.2, 0.25) is 0 Å². The van der Waals surface area contributed by atoms with Crippen molar-refractivity contribution < 1.29 is 9.53 Å². The molecule has 22 heavy (non-hydrogen) atoms. The smallest absolute Gasteiger partial charge is 0.410 e. The fourth-order valence-corrected chi connectivity index (χ4v) is 3.32. The lowest BCUT2D eigenvalue weighted by Gasteiger charge is -2.34. The average Bonchev–Trinajstić information content (AvgIpc) is 2.91. The number of carbonyl (C=O) groups is 1. The molecule has 0 aromatic carbocycles. The lowest BCUT2D eigenvalue weighted by atomic mass is 9.96. The maximum Gasteiger partial charge on any atom is 0.410 e. The van der Waals surface area contributed by atoms with Crippen molar-refractivity contribution in [2.75, 3.05) is 19.6 Å². The molecular formula is C17H29N3O2. The predicted octanol–water partition coefficient (Wildman–Crippen LogP) is 2.92. The summed E-state index contributed by atoms with van der Waals surface area (Å²) in [5, 5.41) is 12.7. The van der Waals surface area contributed by atoms with Gasteiger partial charge in [-0.3, -0.25) is 0 Å². The Kier molecular flexibility index (Phi) is 5.69. The van der Waals surface area contributed by atoms with Crippen LogP contribution in [0.3, 0.4) is 0 Å². The standard InChI is InChI=1S/C17H29N3O2/c1-17(2,3)22-16(21)20-9-7-13(8-10-20)12-19-15-6-4-5-14(15)11-18/h13-15,19H,4-10,12H2,1-3H3. The third-order valence-corrected chi connectivity index (χ3v) is 4.62. The minimum Gasteiger partial charge on any atom is -0.444 e. The quantitative estimate of drug-likeness (QED) is 0.870. The van der Waals surface area contributed by atoms with Crippen molar-refractivity contribution in [3.8, 4) is 6.07 Å². The van der Waals surface area contributed by atoms with Gasteiger partial charge in [0.15, 0.2) is 0 Å². The van der Waals surface area contributed by atoms with Crippen molar-refractivity contribution in [1.82, 2.24) is 10.2 Å². The van der Waals surface area contributed by atoms with E-state index < -0.39 is 5.60 Å². The van der Waals surface area contributed by atoms with Crippen molar-refractivity contribution in [2.45, 2.75) is 64.5 Å². The highest BCUT2D eigenvalue weighted by Gasteiger charge is 2.29. The summed E-state index contributed by atoms with van der Waals surface area (Å²) in [6, 6.07) is 2.78. The summed E-state index contributed by atoms with van der Waals surface area (Å²) in [5.41, 5.74) is -0.426. The number of ether oxygens (including phenoxy) is 1. The number of nitrogens with zero attached hydrogens (tertiary/aromatic N) is 2. The van der Waals surface area contributed by atoms with Gasteiger partial charge in [0.1, 0.15) is 5.60 Å². The molecule has 2 unspecified atom stereocenters. The normalized spacial score (nSPS) is 26.7. The van der Waals surface area contributed by atoms with Gasteiger partial charge in [0, 0.05) is 19.1 Å². The van der Waals surface area contributed by atoms with Crippen LogP contribution >= 0.6 is 0 Å². The van der Waals surface area contributed by atoms with Crippen molar-refractivity contribution in [3.63, 3.8) is 0 Å². The third kappa shape index (κ3) is 4.88. The zero-order chi connectivity index (χ0) is 16.2. The molecule has 1 aliphatic heterocycles. The molecule has 124 valence electrons. The largest absolute Gasteiger partial charge is 0.444 e. The number of amides is 1. The number of rotatable bonds is 3. The molecule has 0 aromatic heterocycles. The summed E-state index contributed by atoms with van der Waals surface area (Å²) >= 11 is 0. The summed E-state index contributed by atoms with van der Waals surface area (Å²) in [5.74, 6) is 0.778. The maximum absolute atomic E-state index is 12.0. The fourth-order valence-electron chi connectivity index (χ4n) is 3.32. The monoisotopic (exact) mass is 307 g/mol. The van der Waals surface area contributed by atoms with Gasteiger partial charge in [-0.2, -0.15) is 5.26 Å². The molecule has 1 saturated heterocycles. The highest BCUT2D eigenvalue weighted by Crippen LogP contribution is 2.26. The first-order chi connectivity index (χ1) is 10.4. The highest BCUT2D eigenvalue weighted by molar-refractivity contribution is 5.68. The van der Waals surface area contributed by atoms with E-state index in [2.05, 4.69) is 11.4 Å². The second kappa shape index (κ2) is 7.32. The number of likely N-dealkylation sites (tertiary alicyclic amines) is 1. The first-order valence-electron chi connectivity index (χ1n) is 8.50. The molecule has 2 fully saturated rings. The van der Waals surface area contributed by atoms with Crippen molar-refractivity contribution >= 4 is 6.09 Å². The molecule has 1 amide bonds. The van der Waals surface area contributed by atoms with E-state index >= 15 is 0 Å². The number of hydrogen-bond acceptors (Lipinski definition) is 4. The van der Waals surface area contributed by atoms with E-state index in [0.29, 0.717) is 12.0 Å². The Morgan fingerprint density at radius 3 is 2.55 bits per heavy atom. The number of nitriles is 1. The second-order valence-corrected chi connectivity index (χ2v) is 7.59. The molecule has 2 rings (SSSR count). The number of nitrogens with one attached hydrogen (secondary N) is 1. The Bertz CT molecular complexity index is 417. The minimum absolute atomic E-state index is 0.182. The molecule has 1 saturated carbocycles. The van der Waals surface area contributed by atoms with Crippen molar-refractivity contribution in [3.05, 3.63) is 0 Å². The van der Waals surface area contributed by atoms with Crippen LogP contribution in [0.25, 0.3) is 0 Å². The van der Waals surface area contributed by atoms with Crippen molar-refractivity contribution in [2.24, 2.45) is 11.8 Å². The summed E-state index contributed by atoms with van der Waals surface area (Å²) in [4.78, 5) is 13.8. The lowest BCUT2D eigenvalue weighted by Crippen LogP contribution is -2.44. The van der Waals surface area contributed by atoms with E-state index in [1.54, 1.807) is 0 Å². The number of carbonyl (C=O) groups excluding carboxylic acids is 1. The molecule has 0 spiro atoms. The zero-order valence-corrected chi connectivity index (χ0v) is 14.1. The molecular weight excluding hydrogens is 278 g/mol. The topological polar surface area (TPSA) is 65.4 Å². The van der Waals surface area contributed by atoms with Gasteiger partial charge in [-0.15, -0.1) is 0 Å². The molecule has 2 aliphatic rings. The van der Waals surface area contributed by atoms with Gasteiger partial charge in [-0.05, 0) is 58.9 Å². The summed E-state index contributed by atoms with van der Waals surface area (Å²) in [6.07, 6.45) is 5.14. The first kappa shape index (κ1) is 17.1. The SMILES string of the molecule is CC(C)(C)OC(=O)N1CCC(CNC2CCCC2C#N)CC1. The molecule has 2 atom stereocenters. The van der Waals surface area contributed by atoms with Crippen LogP contribution in [0.4, 0.5) is 4.79 Å². The van der Waals surface area contributed by atoms with Gasteiger partial charge < -0.3 is 15.0 Å². The van der Waals surface area contributed by atoms with Crippen LogP contribution in [0.5, 0.6) is 0 Å². The molecule has 0 radical (unpaired) electrons. The van der Waals surface area contributed by atoms with Gasteiger partial charge in [0.2, 0.25) is 0 Å². The van der Waals surface area contributed by atoms with E-state index in [4.69, 9.17) is 10.00 Å². The Morgan fingerprint density at radius 2 is 1.95 bits per heavy atom. The van der Waals surface area contributed by atoms with Crippen molar-refractivity contribution in [1.29, 1.82) is 5.26 Å². The molecule has 1 aliphatic carbocycles. The molecule has 1 heterocycles. The van der Waals surface area contributed by atoms with E-state index in [1.807, 2.05) is 25.7 Å². The molecule has 0 aromatic rings. The molecule has 1 N–H and O–H groups in total. The van der Waals surface area contributed by atoms with E-state index in [0.717, 1.165) is 51.7 Å². The van der Waals surface area contributed by atoms with Gasteiger partial charge in [0.25, 0.3) is 0 Å². The van der Waals surface area contributed by atoms with Crippen LogP contribution in [-0.2, 0) is 4.74 Å². The van der Waals surface area contributed by atoms with Gasteiger partial charge in [-0.25, -0.2) is 4.79 Å². The number of hydrogen-bond donors (Lipinski definition) is 1. The summed E-state index contributed by atoms with van der Waals surface area (Å²) in [7, 11) is 0. The van der Waals surface area contributed by atoms with Gasteiger partial charge in [-0.1, -0.05) is 6.42 Å².